The largest absolute Gasteiger partial charge is 0.229 e. The van der Waals surface area contributed by atoms with Crippen LogP contribution in [0.3, 0.4) is 0 Å². The molecule has 2 atom stereocenters. The van der Waals surface area contributed by atoms with Gasteiger partial charge in [-0.1, -0.05) is 33.6 Å². The smallest absolute Gasteiger partial charge is 0.150 e. The van der Waals surface area contributed by atoms with Crippen LogP contribution in [0.15, 0.2) is 12.1 Å². The molecule has 1 aromatic carbocycles. The highest BCUT2D eigenvalue weighted by atomic mass is 79.9. The van der Waals surface area contributed by atoms with E-state index in [2.05, 4.69) is 15.9 Å². The summed E-state index contributed by atoms with van der Waals surface area (Å²) in [5, 5.41) is 0.337. The van der Waals surface area contributed by atoms with E-state index < -0.39 is 9.84 Å². The van der Waals surface area contributed by atoms with Crippen molar-refractivity contribution in [2.45, 2.75) is 18.2 Å². The van der Waals surface area contributed by atoms with E-state index in [4.69, 9.17) is 11.6 Å². The highest BCUT2D eigenvalue weighted by molar-refractivity contribution is 9.09. The molecular weight excluding hydrogens is 343 g/mol. The average molecular weight is 356 g/mol. The Morgan fingerprint density at radius 3 is 2.72 bits per heavy atom. The molecule has 1 fully saturated rings. The van der Waals surface area contributed by atoms with E-state index in [0.717, 1.165) is 5.56 Å². The molecule has 0 saturated carbocycles. The Balaban J connectivity index is 2.30. The molecule has 6 heteroatoms. The Bertz CT molecular complexity index is 574. The molecule has 0 spiro atoms. The second-order valence-electron chi connectivity index (χ2n) is 4.69. The van der Waals surface area contributed by atoms with Gasteiger partial charge in [-0.3, -0.25) is 0 Å². The minimum Gasteiger partial charge on any atom is -0.229 e. The first-order valence-corrected chi connectivity index (χ1v) is 8.72. The summed E-state index contributed by atoms with van der Waals surface area (Å²) in [5.41, 5.74) is 1.28. The Labute approximate surface area is 120 Å². The van der Waals surface area contributed by atoms with Gasteiger partial charge in [-0.25, -0.2) is 12.8 Å². The van der Waals surface area contributed by atoms with E-state index in [1.807, 2.05) is 0 Å². The lowest BCUT2D eigenvalue weighted by atomic mass is 9.97. The Kier molecular flexibility index (Phi) is 4.04. The second kappa shape index (κ2) is 5.10. The van der Waals surface area contributed by atoms with Gasteiger partial charge in [0.1, 0.15) is 5.82 Å². The molecule has 1 aliphatic rings. The van der Waals surface area contributed by atoms with Crippen molar-refractivity contribution in [3.63, 3.8) is 0 Å². The van der Waals surface area contributed by atoms with Crippen molar-refractivity contribution in [1.29, 1.82) is 0 Å². The van der Waals surface area contributed by atoms with Crippen molar-refractivity contribution in [1.82, 2.24) is 0 Å². The van der Waals surface area contributed by atoms with Crippen molar-refractivity contribution >= 4 is 37.4 Å². The van der Waals surface area contributed by atoms with E-state index in [9.17, 15) is 12.8 Å². The van der Waals surface area contributed by atoms with Gasteiger partial charge in [-0.2, -0.15) is 0 Å². The summed E-state index contributed by atoms with van der Waals surface area (Å²) >= 11 is 9.53. The average Bonchev–Trinajstić information content (AvgIpc) is 2.63. The summed E-state index contributed by atoms with van der Waals surface area (Å²) in [7, 11) is -2.93. The number of halogens is 3. The zero-order valence-electron chi connectivity index (χ0n) is 9.79. The van der Waals surface area contributed by atoms with Gasteiger partial charge in [0, 0.05) is 9.85 Å². The Morgan fingerprint density at radius 2 is 2.17 bits per heavy atom. The number of sulfone groups is 1. The molecule has 1 aromatic rings. The molecule has 1 heterocycles. The first-order chi connectivity index (χ1) is 8.30. The predicted octanol–water partition coefficient (Wildman–Crippen LogP) is 3.66. The SMILES string of the molecule is Cc1cc(C(Br)C2CCS(=O)(=O)C2)c(Cl)cc1F. The van der Waals surface area contributed by atoms with E-state index >= 15 is 0 Å². The molecule has 1 saturated heterocycles. The number of hydrogen-bond donors (Lipinski definition) is 0. The highest BCUT2D eigenvalue weighted by Crippen LogP contribution is 2.41. The maximum atomic E-state index is 13.3. The minimum atomic E-state index is -2.93. The molecule has 0 bridgehead atoms. The number of aryl methyl sites for hydroxylation is 1. The maximum Gasteiger partial charge on any atom is 0.150 e. The highest BCUT2D eigenvalue weighted by Gasteiger charge is 2.34. The fraction of sp³-hybridized carbons (Fsp3) is 0.500. The number of alkyl halides is 1. The van der Waals surface area contributed by atoms with Crippen LogP contribution in [0.25, 0.3) is 0 Å². The number of benzene rings is 1. The molecule has 0 aromatic heterocycles. The van der Waals surface area contributed by atoms with Crippen molar-refractivity contribution in [2.75, 3.05) is 11.5 Å². The molecule has 0 aliphatic carbocycles. The van der Waals surface area contributed by atoms with Crippen LogP contribution in [0.2, 0.25) is 5.02 Å². The summed E-state index contributed by atoms with van der Waals surface area (Å²) in [6.07, 6.45) is 0.616. The van der Waals surface area contributed by atoms with Gasteiger partial charge in [0.2, 0.25) is 0 Å². The fourth-order valence-corrected chi connectivity index (χ4v) is 5.52. The van der Waals surface area contributed by atoms with E-state index in [1.54, 1.807) is 13.0 Å². The third-order valence-electron chi connectivity index (χ3n) is 3.26. The van der Waals surface area contributed by atoms with E-state index in [-0.39, 0.29) is 28.1 Å². The van der Waals surface area contributed by atoms with Gasteiger partial charge in [0.15, 0.2) is 9.84 Å². The van der Waals surface area contributed by atoms with Gasteiger partial charge in [-0.05, 0) is 36.5 Å². The molecule has 2 unspecified atom stereocenters. The zero-order valence-corrected chi connectivity index (χ0v) is 12.9. The van der Waals surface area contributed by atoms with E-state index in [0.29, 0.717) is 17.0 Å². The Hall–Kier alpha value is -0.130. The van der Waals surface area contributed by atoms with Gasteiger partial charge in [0.05, 0.1) is 11.5 Å². The maximum absolute atomic E-state index is 13.3. The van der Waals surface area contributed by atoms with Gasteiger partial charge in [0.25, 0.3) is 0 Å². The van der Waals surface area contributed by atoms with E-state index in [1.165, 1.54) is 6.07 Å². The van der Waals surface area contributed by atoms with Crippen LogP contribution in [0.5, 0.6) is 0 Å². The van der Waals surface area contributed by atoms with Gasteiger partial charge < -0.3 is 0 Å². The molecule has 1 aliphatic heterocycles. The van der Waals surface area contributed by atoms with Crippen molar-refractivity contribution in [3.05, 3.63) is 34.1 Å². The van der Waals surface area contributed by atoms with Crippen LogP contribution in [-0.4, -0.2) is 19.9 Å². The topological polar surface area (TPSA) is 34.1 Å². The Morgan fingerprint density at radius 1 is 1.50 bits per heavy atom. The summed E-state index contributed by atoms with van der Waals surface area (Å²) < 4.78 is 36.3. The number of hydrogen-bond acceptors (Lipinski definition) is 2. The third kappa shape index (κ3) is 2.89. The quantitative estimate of drug-likeness (QED) is 0.759. The normalized spacial score (nSPS) is 24.1. The second-order valence-corrected chi connectivity index (χ2v) is 8.31. The van der Waals surface area contributed by atoms with Crippen LogP contribution in [0, 0.1) is 18.7 Å². The first kappa shape index (κ1) is 14.3. The lowest BCUT2D eigenvalue weighted by Crippen LogP contribution is -2.11. The zero-order chi connectivity index (χ0) is 13.5. The molecule has 2 rings (SSSR count). The van der Waals surface area contributed by atoms with Gasteiger partial charge >= 0.3 is 0 Å². The summed E-state index contributed by atoms with van der Waals surface area (Å²) in [6, 6.07) is 2.96. The molecule has 18 heavy (non-hydrogen) atoms. The van der Waals surface area contributed by atoms with Gasteiger partial charge in [-0.15, -0.1) is 0 Å². The van der Waals surface area contributed by atoms with Crippen molar-refractivity contribution in [2.24, 2.45) is 5.92 Å². The molecule has 100 valence electrons. The minimum absolute atomic E-state index is 0.00244. The lowest BCUT2D eigenvalue weighted by molar-refractivity contribution is 0.576. The predicted molar refractivity (Wildman–Crippen MR) is 74.6 cm³/mol. The number of rotatable bonds is 2. The molecule has 2 nitrogen and oxygen atoms in total. The molecule has 0 N–H and O–H groups in total. The first-order valence-electron chi connectivity index (χ1n) is 5.60. The van der Waals surface area contributed by atoms with Crippen LogP contribution < -0.4 is 0 Å². The van der Waals surface area contributed by atoms with Crippen LogP contribution in [0.4, 0.5) is 4.39 Å². The lowest BCUT2D eigenvalue weighted by Gasteiger charge is -2.18. The molecule has 0 amide bonds. The van der Waals surface area contributed by atoms with Crippen molar-refractivity contribution in [3.8, 4) is 0 Å². The monoisotopic (exact) mass is 354 g/mol. The van der Waals surface area contributed by atoms with Crippen LogP contribution in [-0.2, 0) is 9.84 Å². The molecule has 0 radical (unpaired) electrons. The summed E-state index contributed by atoms with van der Waals surface area (Å²) in [6.45, 7) is 1.67. The van der Waals surface area contributed by atoms with Crippen LogP contribution in [0.1, 0.15) is 22.4 Å². The molecular formula is C12H13BrClFO2S. The standard InChI is InChI=1S/C12H13BrClFO2S/c1-7-4-9(10(14)5-11(7)15)12(13)8-2-3-18(16,17)6-8/h4-5,8,12H,2-3,6H2,1H3. The van der Waals surface area contributed by atoms with Crippen molar-refractivity contribution < 1.29 is 12.8 Å². The summed E-state index contributed by atoms with van der Waals surface area (Å²) in [5.74, 6) is 0.0348. The van der Waals surface area contributed by atoms with Crippen LogP contribution >= 0.6 is 27.5 Å². The fourth-order valence-electron chi connectivity index (χ4n) is 2.20. The third-order valence-corrected chi connectivity index (χ3v) is 6.62. The summed E-state index contributed by atoms with van der Waals surface area (Å²) in [4.78, 5) is -0.151.